The molecule has 1 aromatic carbocycles. The summed E-state index contributed by atoms with van der Waals surface area (Å²) < 4.78 is 26.9. The van der Waals surface area contributed by atoms with Crippen molar-refractivity contribution in [3.05, 3.63) is 40.4 Å². The maximum atomic E-state index is 12.2. The van der Waals surface area contributed by atoms with Gasteiger partial charge in [-0.05, 0) is 24.6 Å². The average Bonchev–Trinajstić information content (AvgIpc) is 2.79. The van der Waals surface area contributed by atoms with Crippen molar-refractivity contribution in [3.8, 4) is 0 Å². The molecule has 1 aliphatic carbocycles. The van der Waals surface area contributed by atoms with Gasteiger partial charge in [0.2, 0.25) is 10.0 Å². The van der Waals surface area contributed by atoms with E-state index < -0.39 is 10.0 Å². The van der Waals surface area contributed by atoms with E-state index in [1.165, 1.54) is 18.2 Å². The maximum absolute atomic E-state index is 12.2. The van der Waals surface area contributed by atoms with Crippen molar-refractivity contribution in [2.24, 2.45) is 5.92 Å². The third-order valence-corrected chi connectivity index (χ3v) is 5.10. The molecule has 0 heterocycles. The van der Waals surface area contributed by atoms with Gasteiger partial charge in [0.1, 0.15) is 4.90 Å². The van der Waals surface area contributed by atoms with Gasteiger partial charge < -0.3 is 5.11 Å². The third-order valence-electron chi connectivity index (χ3n) is 2.90. The summed E-state index contributed by atoms with van der Waals surface area (Å²) in [7, 11) is -3.73. The van der Waals surface area contributed by atoms with Crippen LogP contribution in [-0.4, -0.2) is 26.2 Å². The van der Waals surface area contributed by atoms with Crippen LogP contribution in [0.4, 0.5) is 0 Å². The molecular weight excluding hydrogens is 309 g/mol. The molecule has 0 bridgehead atoms. The van der Waals surface area contributed by atoms with E-state index in [9.17, 15) is 8.42 Å². The normalized spacial score (nSPS) is 22.9. The van der Waals surface area contributed by atoms with Crippen molar-refractivity contribution in [3.63, 3.8) is 0 Å². The fourth-order valence-corrected chi connectivity index (χ4v) is 3.91. The number of aliphatic hydroxyl groups excluding tert-OH is 1. The molecule has 0 aromatic heterocycles. The SMILES string of the molecule is O=S(=O)(N[C@@H]1C=C[C@H](CO)C1)c1cc(Cl)ccc1Cl. The minimum absolute atomic E-state index is 0.00660. The van der Waals surface area contributed by atoms with Gasteiger partial charge in [0.05, 0.1) is 5.02 Å². The van der Waals surface area contributed by atoms with Gasteiger partial charge in [0.25, 0.3) is 0 Å². The lowest BCUT2D eigenvalue weighted by Crippen LogP contribution is -2.33. The summed E-state index contributed by atoms with van der Waals surface area (Å²) in [5.74, 6) is -0.0115. The fourth-order valence-electron chi connectivity index (χ4n) is 1.94. The fraction of sp³-hybridized carbons (Fsp3) is 0.333. The van der Waals surface area contributed by atoms with E-state index in [1.807, 2.05) is 0 Å². The molecule has 19 heavy (non-hydrogen) atoms. The number of nitrogens with one attached hydrogen (secondary N) is 1. The molecule has 0 amide bonds. The van der Waals surface area contributed by atoms with Crippen LogP contribution in [0.2, 0.25) is 10.0 Å². The average molecular weight is 322 g/mol. The van der Waals surface area contributed by atoms with Crippen LogP contribution in [0, 0.1) is 5.92 Å². The summed E-state index contributed by atoms with van der Waals surface area (Å²) in [6.07, 6.45) is 4.07. The first kappa shape index (κ1) is 14.8. The van der Waals surface area contributed by atoms with Crippen molar-refractivity contribution in [2.45, 2.75) is 17.4 Å². The van der Waals surface area contributed by atoms with Gasteiger partial charge >= 0.3 is 0 Å². The maximum Gasteiger partial charge on any atom is 0.242 e. The molecule has 104 valence electrons. The Bertz CT molecular complexity index is 601. The summed E-state index contributed by atoms with van der Waals surface area (Å²) >= 11 is 11.7. The van der Waals surface area contributed by atoms with Gasteiger partial charge in [-0.1, -0.05) is 35.4 Å². The van der Waals surface area contributed by atoms with Gasteiger partial charge in [0, 0.05) is 23.6 Å². The standard InChI is InChI=1S/C12H13Cl2NO3S/c13-9-2-4-11(14)12(6-9)19(17,18)15-10-3-1-8(5-10)7-16/h1-4,6,8,10,15-16H,5,7H2/t8-,10+/m0/s1. The molecule has 0 spiro atoms. The molecule has 2 N–H and O–H groups in total. The second-order valence-electron chi connectivity index (χ2n) is 4.37. The van der Waals surface area contributed by atoms with Gasteiger partial charge in [-0.3, -0.25) is 0 Å². The Labute approximate surface area is 122 Å². The molecule has 7 heteroatoms. The Morgan fingerprint density at radius 2 is 2.05 bits per heavy atom. The van der Waals surface area contributed by atoms with Crippen LogP contribution in [0.5, 0.6) is 0 Å². The highest BCUT2D eigenvalue weighted by molar-refractivity contribution is 7.89. The number of aliphatic hydroxyl groups is 1. The van der Waals surface area contributed by atoms with Crippen molar-refractivity contribution in [2.75, 3.05) is 6.61 Å². The smallest absolute Gasteiger partial charge is 0.242 e. The molecule has 1 aliphatic rings. The number of benzene rings is 1. The van der Waals surface area contributed by atoms with E-state index in [1.54, 1.807) is 12.2 Å². The van der Waals surface area contributed by atoms with E-state index in [0.717, 1.165) is 0 Å². The zero-order valence-corrected chi connectivity index (χ0v) is 12.2. The first-order chi connectivity index (χ1) is 8.92. The molecule has 4 nitrogen and oxygen atoms in total. The number of hydrogen-bond donors (Lipinski definition) is 2. The Hall–Kier alpha value is -0.590. The summed E-state index contributed by atoms with van der Waals surface area (Å²) in [6.45, 7) is 0.00660. The Morgan fingerprint density at radius 3 is 2.68 bits per heavy atom. The summed E-state index contributed by atoms with van der Waals surface area (Å²) in [6, 6.07) is 3.95. The van der Waals surface area contributed by atoms with Gasteiger partial charge in [-0.15, -0.1) is 0 Å². The Morgan fingerprint density at radius 1 is 1.32 bits per heavy atom. The van der Waals surface area contributed by atoms with Crippen molar-refractivity contribution >= 4 is 33.2 Å². The summed E-state index contributed by atoms with van der Waals surface area (Å²) in [4.78, 5) is -0.0393. The number of hydrogen-bond acceptors (Lipinski definition) is 3. The van der Waals surface area contributed by atoms with Gasteiger partial charge in [0.15, 0.2) is 0 Å². The van der Waals surface area contributed by atoms with Crippen LogP contribution in [0.1, 0.15) is 6.42 Å². The zero-order valence-electron chi connectivity index (χ0n) is 9.88. The quantitative estimate of drug-likeness (QED) is 0.835. The molecular formula is C12H13Cl2NO3S. The molecule has 0 radical (unpaired) electrons. The van der Waals surface area contributed by atoms with Crippen molar-refractivity contribution in [1.82, 2.24) is 4.72 Å². The Kier molecular flexibility index (Phi) is 4.53. The first-order valence-corrected chi connectivity index (χ1v) is 7.93. The highest BCUT2D eigenvalue weighted by Gasteiger charge is 2.25. The van der Waals surface area contributed by atoms with Gasteiger partial charge in [-0.2, -0.15) is 0 Å². The van der Waals surface area contributed by atoms with Crippen molar-refractivity contribution < 1.29 is 13.5 Å². The van der Waals surface area contributed by atoms with E-state index in [-0.39, 0.29) is 28.5 Å². The van der Waals surface area contributed by atoms with Crippen LogP contribution in [0.15, 0.2) is 35.2 Å². The van der Waals surface area contributed by atoms with E-state index in [2.05, 4.69) is 4.72 Å². The second kappa shape index (κ2) is 5.81. The van der Waals surface area contributed by atoms with Crippen LogP contribution < -0.4 is 4.72 Å². The van der Waals surface area contributed by atoms with Crippen LogP contribution in [-0.2, 0) is 10.0 Å². The molecule has 2 rings (SSSR count). The molecule has 0 aliphatic heterocycles. The minimum Gasteiger partial charge on any atom is -0.396 e. The molecule has 0 unspecified atom stereocenters. The molecule has 0 fully saturated rings. The largest absolute Gasteiger partial charge is 0.396 e. The lowest BCUT2D eigenvalue weighted by atomic mass is 10.1. The minimum atomic E-state index is -3.73. The first-order valence-electron chi connectivity index (χ1n) is 5.69. The number of sulfonamides is 1. The van der Waals surface area contributed by atoms with E-state index in [4.69, 9.17) is 28.3 Å². The predicted octanol–water partition coefficient (Wildman–Crippen LogP) is 2.21. The molecule has 2 atom stereocenters. The Balaban J connectivity index is 2.20. The van der Waals surface area contributed by atoms with E-state index >= 15 is 0 Å². The highest BCUT2D eigenvalue weighted by Crippen LogP contribution is 2.26. The molecule has 0 saturated carbocycles. The van der Waals surface area contributed by atoms with Crippen molar-refractivity contribution in [1.29, 1.82) is 0 Å². The monoisotopic (exact) mass is 321 g/mol. The lowest BCUT2D eigenvalue weighted by Gasteiger charge is -2.14. The van der Waals surface area contributed by atoms with Crippen LogP contribution in [0.3, 0.4) is 0 Å². The summed E-state index contributed by atoms with van der Waals surface area (Å²) in [5.41, 5.74) is 0. The third kappa shape index (κ3) is 3.49. The number of rotatable bonds is 4. The van der Waals surface area contributed by atoms with Crippen LogP contribution >= 0.6 is 23.2 Å². The predicted molar refractivity (Wildman–Crippen MR) is 74.9 cm³/mol. The van der Waals surface area contributed by atoms with Crippen LogP contribution in [0.25, 0.3) is 0 Å². The topological polar surface area (TPSA) is 66.4 Å². The van der Waals surface area contributed by atoms with E-state index in [0.29, 0.717) is 11.4 Å². The highest BCUT2D eigenvalue weighted by atomic mass is 35.5. The second-order valence-corrected chi connectivity index (χ2v) is 6.89. The molecule has 1 aromatic rings. The summed E-state index contributed by atoms with van der Waals surface area (Å²) in [5, 5.41) is 9.44. The number of halogens is 2. The molecule has 0 saturated heterocycles. The lowest BCUT2D eigenvalue weighted by molar-refractivity contribution is 0.248. The van der Waals surface area contributed by atoms with Gasteiger partial charge in [-0.25, -0.2) is 13.1 Å². The zero-order chi connectivity index (χ0) is 14.0.